The van der Waals surface area contributed by atoms with Crippen molar-refractivity contribution in [3.63, 3.8) is 0 Å². The molecule has 1 unspecified atom stereocenters. The van der Waals surface area contributed by atoms with Gasteiger partial charge in [0.2, 0.25) is 0 Å². The van der Waals surface area contributed by atoms with E-state index >= 15 is 0 Å². The fourth-order valence-electron chi connectivity index (χ4n) is 0.989. The zero-order valence-corrected chi connectivity index (χ0v) is 12.5. The number of benzene rings is 1. The molecule has 1 aromatic rings. The topological polar surface area (TPSA) is 64.1 Å². The Hall–Kier alpha value is 0.510. The van der Waals surface area contributed by atoms with Crippen LogP contribution in [0.3, 0.4) is 0 Å². The minimum atomic E-state index is 0.653. The van der Waals surface area contributed by atoms with Gasteiger partial charge >= 0.3 is 0 Å². The van der Waals surface area contributed by atoms with Gasteiger partial charge in [-0.25, -0.2) is 0 Å². The highest BCUT2D eigenvalue weighted by atomic mass is 127. The highest BCUT2D eigenvalue weighted by molar-refractivity contribution is 14.1. The summed E-state index contributed by atoms with van der Waals surface area (Å²) in [7, 11) is 4.54. The highest BCUT2D eigenvalue weighted by Gasteiger charge is 2.14. The maximum Gasteiger partial charge on any atom is 0.0716 e. The summed E-state index contributed by atoms with van der Waals surface area (Å²) in [6, 6.07) is 0. The van der Waals surface area contributed by atoms with E-state index in [1.807, 2.05) is 7.05 Å². The Kier molecular flexibility index (Phi) is 3.88. The number of nitrogen functional groups attached to an aromatic ring is 2. The number of nitrogens with two attached hydrogens (primary N) is 2. The van der Waals surface area contributed by atoms with Crippen LogP contribution in [0.15, 0.2) is 0 Å². The lowest BCUT2D eigenvalue weighted by Gasteiger charge is -2.14. The van der Waals surface area contributed by atoms with Gasteiger partial charge in [0.1, 0.15) is 0 Å². The van der Waals surface area contributed by atoms with E-state index in [1.165, 1.54) is 0 Å². The molecule has 0 radical (unpaired) electrons. The average molecular weight is 421 g/mol. The van der Waals surface area contributed by atoms with Gasteiger partial charge in [0.15, 0.2) is 0 Å². The van der Waals surface area contributed by atoms with E-state index in [0.29, 0.717) is 11.4 Å². The molecule has 0 aliphatic heterocycles. The zero-order valence-electron chi connectivity index (χ0n) is 6.99. The van der Waals surface area contributed by atoms with E-state index in [-0.39, 0.29) is 0 Å². The fourth-order valence-corrected chi connectivity index (χ4v) is 3.14. The molecule has 3 nitrogen and oxygen atoms in total. The Balaban J connectivity index is 3.56. The quantitative estimate of drug-likeness (QED) is 0.367. The summed E-state index contributed by atoms with van der Waals surface area (Å²) in [5.41, 5.74) is 14.0. The molecule has 6 heteroatoms. The van der Waals surface area contributed by atoms with Crippen LogP contribution < -0.4 is 22.1 Å². The van der Waals surface area contributed by atoms with Crippen LogP contribution in [0.1, 0.15) is 0 Å². The summed E-state index contributed by atoms with van der Waals surface area (Å²) < 4.78 is 1.97. The third-order valence-corrected chi connectivity index (χ3v) is 5.19. The Morgan fingerprint density at radius 3 is 2.08 bits per heavy atom. The number of hydrogen-bond acceptors (Lipinski definition) is 3. The number of anilines is 3. The molecule has 13 heavy (non-hydrogen) atoms. The molecule has 0 saturated carbocycles. The van der Waals surface area contributed by atoms with Crippen LogP contribution >= 0.6 is 54.4 Å². The second kappa shape index (κ2) is 4.35. The number of rotatable bonds is 1. The molecule has 0 aliphatic rings. The van der Waals surface area contributed by atoms with Crippen LogP contribution in [0.4, 0.5) is 17.1 Å². The van der Waals surface area contributed by atoms with E-state index in [2.05, 4.69) is 59.7 Å². The largest absolute Gasteiger partial charge is 0.396 e. The van der Waals surface area contributed by atoms with Crippen molar-refractivity contribution in [1.29, 1.82) is 0 Å². The van der Waals surface area contributed by atoms with Gasteiger partial charge in [-0.3, -0.25) is 0 Å². The fraction of sp³-hybridized carbons (Fsp3) is 0.143. The van der Waals surface area contributed by atoms with Gasteiger partial charge in [-0.1, -0.05) is 0 Å². The molecule has 0 aromatic heterocycles. The third kappa shape index (κ3) is 1.97. The monoisotopic (exact) mass is 421 g/mol. The summed E-state index contributed by atoms with van der Waals surface area (Å²) >= 11 is 4.38. The van der Waals surface area contributed by atoms with Crippen LogP contribution in [-0.2, 0) is 0 Å². The maximum absolute atomic E-state index is 5.84. The first-order valence-electron chi connectivity index (χ1n) is 3.49. The van der Waals surface area contributed by atoms with Crippen LogP contribution in [0.25, 0.3) is 0 Å². The molecule has 0 bridgehead atoms. The molecular weight excluding hydrogens is 411 g/mol. The summed E-state index contributed by atoms with van der Waals surface area (Å²) in [5.74, 6) is 0. The first-order valence-corrected chi connectivity index (χ1v) is 6.23. The van der Waals surface area contributed by atoms with E-state index in [0.717, 1.165) is 18.1 Å². The number of halogens is 2. The molecular formula is C7H10I2N3P. The minimum Gasteiger partial charge on any atom is -0.396 e. The Labute approximate surface area is 107 Å². The van der Waals surface area contributed by atoms with Crippen molar-refractivity contribution >= 4 is 76.8 Å². The van der Waals surface area contributed by atoms with Crippen molar-refractivity contribution in [3.8, 4) is 0 Å². The molecule has 0 saturated heterocycles. The Morgan fingerprint density at radius 2 is 1.62 bits per heavy atom. The summed E-state index contributed by atoms with van der Waals surface area (Å²) in [5, 5.41) is 4.17. The van der Waals surface area contributed by atoms with Crippen LogP contribution in [-0.4, -0.2) is 7.05 Å². The van der Waals surface area contributed by atoms with Crippen molar-refractivity contribution in [1.82, 2.24) is 0 Å². The van der Waals surface area contributed by atoms with Crippen LogP contribution in [0.5, 0.6) is 0 Å². The average Bonchev–Trinajstić information content (AvgIpc) is 2.13. The van der Waals surface area contributed by atoms with E-state index in [4.69, 9.17) is 11.5 Å². The van der Waals surface area contributed by atoms with Gasteiger partial charge in [-0.15, -0.1) is 9.24 Å². The predicted molar refractivity (Wildman–Crippen MR) is 79.6 cm³/mol. The van der Waals surface area contributed by atoms with Crippen molar-refractivity contribution < 1.29 is 0 Å². The van der Waals surface area contributed by atoms with Gasteiger partial charge < -0.3 is 16.8 Å². The van der Waals surface area contributed by atoms with Crippen molar-refractivity contribution in [2.45, 2.75) is 0 Å². The Bertz CT molecular complexity index is 325. The summed E-state index contributed by atoms with van der Waals surface area (Å²) in [6.45, 7) is 0. The Morgan fingerprint density at radius 1 is 1.15 bits per heavy atom. The van der Waals surface area contributed by atoms with Crippen molar-refractivity contribution in [2.24, 2.45) is 0 Å². The van der Waals surface area contributed by atoms with Gasteiger partial charge in [0.05, 0.1) is 20.6 Å². The maximum atomic E-state index is 5.84. The zero-order chi connectivity index (χ0) is 10.2. The van der Waals surface area contributed by atoms with E-state index in [9.17, 15) is 0 Å². The second-order valence-electron chi connectivity index (χ2n) is 2.49. The normalized spacial score (nSPS) is 10.2. The van der Waals surface area contributed by atoms with Gasteiger partial charge in [0.25, 0.3) is 0 Å². The molecule has 0 fully saturated rings. The lowest BCUT2D eigenvalue weighted by Crippen LogP contribution is -2.14. The first kappa shape index (κ1) is 11.6. The van der Waals surface area contributed by atoms with Gasteiger partial charge in [0, 0.05) is 15.9 Å². The third-order valence-electron chi connectivity index (χ3n) is 1.74. The lowest BCUT2D eigenvalue weighted by atomic mass is 10.2. The molecule has 1 rings (SSSR count). The summed E-state index contributed by atoms with van der Waals surface area (Å²) in [4.78, 5) is 0. The van der Waals surface area contributed by atoms with E-state index < -0.39 is 0 Å². The summed E-state index contributed by atoms with van der Waals surface area (Å²) in [6.07, 6.45) is 0. The molecule has 1 atom stereocenters. The van der Waals surface area contributed by atoms with Gasteiger partial charge in [-0.05, 0) is 45.2 Å². The minimum absolute atomic E-state index is 0.653. The van der Waals surface area contributed by atoms with Crippen LogP contribution in [0.2, 0.25) is 0 Å². The molecule has 1 aromatic carbocycles. The standard InChI is InChI=1S/C7H10I2N3P/c1-12-6-2(8)4(10)5(11)3(9)7(6)13/h12H,10-11,13H2,1H3. The number of nitrogens with one attached hydrogen (secondary N) is 1. The van der Waals surface area contributed by atoms with Crippen LogP contribution in [0, 0.1) is 7.14 Å². The first-order chi connectivity index (χ1) is 6.00. The highest BCUT2D eigenvalue weighted by Crippen LogP contribution is 2.32. The smallest absolute Gasteiger partial charge is 0.0716 e. The second-order valence-corrected chi connectivity index (χ2v) is 5.23. The molecule has 0 heterocycles. The lowest BCUT2D eigenvalue weighted by molar-refractivity contribution is 1.50. The molecule has 5 N–H and O–H groups in total. The molecule has 72 valence electrons. The SMILES string of the molecule is CNc1c(P)c(I)c(N)c(N)c1I. The number of hydrogen-bond donors (Lipinski definition) is 3. The van der Waals surface area contributed by atoms with Gasteiger partial charge in [-0.2, -0.15) is 0 Å². The van der Waals surface area contributed by atoms with Crippen molar-refractivity contribution in [2.75, 3.05) is 23.8 Å². The molecule has 0 amide bonds. The molecule has 0 aliphatic carbocycles. The van der Waals surface area contributed by atoms with Crippen molar-refractivity contribution in [3.05, 3.63) is 7.14 Å². The predicted octanol–water partition coefficient (Wildman–Crippen LogP) is 1.60. The van der Waals surface area contributed by atoms with E-state index in [1.54, 1.807) is 0 Å². The molecule has 0 spiro atoms.